The van der Waals surface area contributed by atoms with Crippen molar-refractivity contribution in [2.45, 2.75) is 27.2 Å². The van der Waals surface area contributed by atoms with Gasteiger partial charge in [0.25, 0.3) is 0 Å². The Morgan fingerprint density at radius 2 is 1.07 bits per heavy atom. The summed E-state index contributed by atoms with van der Waals surface area (Å²) < 4.78 is 0. The van der Waals surface area contributed by atoms with Crippen molar-refractivity contribution in [3.05, 3.63) is 88.4 Å². The molecule has 3 aromatic rings. The van der Waals surface area contributed by atoms with Crippen LogP contribution in [0.4, 0.5) is 5.69 Å². The van der Waals surface area contributed by atoms with Gasteiger partial charge in [-0.05, 0) is 67.6 Å². The van der Waals surface area contributed by atoms with Crippen molar-refractivity contribution in [1.29, 1.82) is 0 Å². The molecule has 1 heterocycles. The van der Waals surface area contributed by atoms with Crippen LogP contribution in [0.25, 0.3) is 0 Å². The second-order valence-electron chi connectivity index (χ2n) is 6.83. The number of nitrogens with zero attached hydrogens (tertiary/aromatic N) is 1. The number of anilines is 1. The van der Waals surface area contributed by atoms with E-state index in [9.17, 15) is 9.59 Å². The third kappa shape index (κ3) is 4.54. The standard InChI is InChI=1S/C23H17Cl2NO2S2/c1-14-2-10-18(11-3-14)29-20-21(30-19-12-6-16(25)7-13-19)23(28)26(22(20)27)17-8-4-15(24)5-9-17/h2-13,20-21H,1H3/t20-,21-/m0/s1. The molecule has 1 fully saturated rings. The third-order valence-electron chi connectivity index (χ3n) is 4.65. The summed E-state index contributed by atoms with van der Waals surface area (Å²) in [5.74, 6) is -0.453. The molecule has 0 spiro atoms. The van der Waals surface area contributed by atoms with E-state index in [1.807, 2.05) is 43.3 Å². The lowest BCUT2D eigenvalue weighted by Gasteiger charge is -2.14. The van der Waals surface area contributed by atoms with Crippen LogP contribution in [0.1, 0.15) is 5.56 Å². The minimum atomic E-state index is -0.555. The van der Waals surface area contributed by atoms with Crippen LogP contribution in [0, 0.1) is 6.92 Å². The lowest BCUT2D eigenvalue weighted by molar-refractivity contribution is -0.121. The van der Waals surface area contributed by atoms with Gasteiger partial charge in [0.15, 0.2) is 0 Å². The zero-order valence-corrected chi connectivity index (χ0v) is 19.1. The van der Waals surface area contributed by atoms with E-state index < -0.39 is 10.5 Å². The first-order valence-electron chi connectivity index (χ1n) is 9.21. The first-order chi connectivity index (χ1) is 14.4. The van der Waals surface area contributed by atoms with E-state index in [1.165, 1.54) is 28.4 Å². The van der Waals surface area contributed by atoms with Gasteiger partial charge < -0.3 is 0 Å². The van der Waals surface area contributed by atoms with Gasteiger partial charge in [0.05, 0.1) is 5.69 Å². The van der Waals surface area contributed by atoms with Crippen LogP contribution < -0.4 is 4.90 Å². The summed E-state index contributed by atoms with van der Waals surface area (Å²) >= 11 is 14.8. The summed E-state index contributed by atoms with van der Waals surface area (Å²) in [6, 6.07) is 22.0. The summed E-state index contributed by atoms with van der Waals surface area (Å²) in [6.07, 6.45) is 0. The molecule has 1 aliphatic rings. The average molecular weight is 474 g/mol. The highest BCUT2D eigenvalue weighted by atomic mass is 35.5. The second-order valence-corrected chi connectivity index (χ2v) is 10.1. The van der Waals surface area contributed by atoms with Crippen LogP contribution in [0.2, 0.25) is 10.0 Å². The zero-order chi connectivity index (χ0) is 21.3. The van der Waals surface area contributed by atoms with Gasteiger partial charge in [-0.15, -0.1) is 23.5 Å². The molecule has 7 heteroatoms. The van der Waals surface area contributed by atoms with Gasteiger partial charge in [0.1, 0.15) is 10.5 Å². The van der Waals surface area contributed by atoms with Crippen molar-refractivity contribution >= 4 is 64.2 Å². The Bertz CT molecular complexity index is 1000. The van der Waals surface area contributed by atoms with Crippen molar-refractivity contribution in [3.63, 3.8) is 0 Å². The number of rotatable bonds is 5. The molecule has 3 aromatic carbocycles. The van der Waals surface area contributed by atoms with Crippen LogP contribution in [-0.2, 0) is 9.59 Å². The van der Waals surface area contributed by atoms with Crippen LogP contribution in [0.5, 0.6) is 0 Å². The Labute approximate surface area is 193 Å². The number of carbonyl (C=O) groups is 2. The molecule has 2 amide bonds. The molecule has 0 unspecified atom stereocenters. The summed E-state index contributed by atoms with van der Waals surface area (Å²) in [6.45, 7) is 2.01. The lowest BCUT2D eigenvalue weighted by Crippen LogP contribution is -2.31. The number of amides is 2. The number of imide groups is 1. The van der Waals surface area contributed by atoms with E-state index in [0.717, 1.165) is 15.4 Å². The van der Waals surface area contributed by atoms with Crippen LogP contribution >= 0.6 is 46.7 Å². The summed E-state index contributed by atoms with van der Waals surface area (Å²) in [5, 5.41) is 0.0780. The Balaban J connectivity index is 1.67. The topological polar surface area (TPSA) is 37.4 Å². The quantitative estimate of drug-likeness (QED) is 0.396. The molecule has 0 N–H and O–H groups in total. The van der Waals surface area contributed by atoms with Crippen molar-refractivity contribution < 1.29 is 9.59 Å². The molecule has 0 saturated carbocycles. The lowest BCUT2D eigenvalue weighted by atomic mass is 10.2. The van der Waals surface area contributed by atoms with E-state index in [1.54, 1.807) is 36.4 Å². The van der Waals surface area contributed by atoms with Gasteiger partial charge in [-0.3, -0.25) is 9.59 Å². The number of hydrogen-bond acceptors (Lipinski definition) is 4. The first-order valence-corrected chi connectivity index (χ1v) is 11.7. The van der Waals surface area contributed by atoms with Gasteiger partial charge in [-0.2, -0.15) is 0 Å². The smallest absolute Gasteiger partial charge is 0.248 e. The highest BCUT2D eigenvalue weighted by molar-refractivity contribution is 8.05. The fourth-order valence-corrected chi connectivity index (χ4v) is 5.77. The molecule has 2 atom stereocenters. The summed E-state index contributed by atoms with van der Waals surface area (Å²) in [4.78, 5) is 29.8. The van der Waals surface area contributed by atoms with Crippen LogP contribution in [-0.4, -0.2) is 22.3 Å². The van der Waals surface area contributed by atoms with Crippen molar-refractivity contribution in [2.24, 2.45) is 0 Å². The summed E-state index contributed by atoms with van der Waals surface area (Å²) in [7, 11) is 0. The monoisotopic (exact) mass is 473 g/mol. The molecule has 1 saturated heterocycles. The normalized spacial score (nSPS) is 18.8. The Kier molecular flexibility index (Phi) is 6.44. The molecule has 0 aromatic heterocycles. The Morgan fingerprint density at radius 3 is 1.53 bits per heavy atom. The first kappa shape index (κ1) is 21.3. The van der Waals surface area contributed by atoms with Gasteiger partial charge >= 0.3 is 0 Å². The molecule has 152 valence electrons. The van der Waals surface area contributed by atoms with Gasteiger partial charge in [-0.1, -0.05) is 40.9 Å². The maximum absolute atomic E-state index is 13.3. The van der Waals surface area contributed by atoms with E-state index in [2.05, 4.69) is 0 Å². The van der Waals surface area contributed by atoms with Gasteiger partial charge in [0.2, 0.25) is 11.8 Å². The molecule has 4 rings (SSSR count). The minimum absolute atomic E-state index is 0.223. The van der Waals surface area contributed by atoms with Crippen molar-refractivity contribution in [2.75, 3.05) is 4.90 Å². The van der Waals surface area contributed by atoms with Crippen LogP contribution in [0.3, 0.4) is 0 Å². The highest BCUT2D eigenvalue weighted by Gasteiger charge is 2.49. The molecule has 0 radical (unpaired) electrons. The maximum Gasteiger partial charge on any atom is 0.248 e. The fraction of sp³-hybridized carbons (Fsp3) is 0.130. The number of carbonyl (C=O) groups excluding carboxylic acids is 2. The maximum atomic E-state index is 13.3. The van der Waals surface area contributed by atoms with Crippen LogP contribution in [0.15, 0.2) is 82.6 Å². The molecular formula is C23H17Cl2NO2S2. The number of thioether (sulfide) groups is 2. The van der Waals surface area contributed by atoms with Crippen molar-refractivity contribution in [3.8, 4) is 0 Å². The predicted octanol–water partition coefficient (Wildman–Crippen LogP) is 6.50. The summed E-state index contributed by atoms with van der Waals surface area (Å²) in [5.41, 5.74) is 1.67. The van der Waals surface area contributed by atoms with E-state index in [4.69, 9.17) is 23.2 Å². The van der Waals surface area contributed by atoms with Crippen molar-refractivity contribution in [1.82, 2.24) is 0 Å². The predicted molar refractivity (Wildman–Crippen MR) is 126 cm³/mol. The Hall–Kier alpha value is -1.92. The zero-order valence-electron chi connectivity index (χ0n) is 15.9. The molecule has 1 aliphatic heterocycles. The van der Waals surface area contributed by atoms with Gasteiger partial charge in [0, 0.05) is 19.8 Å². The molecule has 0 bridgehead atoms. The average Bonchev–Trinajstić information content (AvgIpc) is 2.96. The number of aryl methyl sites for hydroxylation is 1. The second kappa shape index (κ2) is 9.06. The highest BCUT2D eigenvalue weighted by Crippen LogP contribution is 2.42. The van der Waals surface area contributed by atoms with E-state index in [0.29, 0.717) is 15.7 Å². The largest absolute Gasteiger partial charge is 0.273 e. The van der Waals surface area contributed by atoms with E-state index in [-0.39, 0.29) is 11.8 Å². The number of hydrogen-bond donors (Lipinski definition) is 0. The Morgan fingerprint density at radius 1 is 0.667 bits per heavy atom. The molecule has 3 nitrogen and oxygen atoms in total. The fourth-order valence-electron chi connectivity index (χ4n) is 3.11. The van der Waals surface area contributed by atoms with E-state index >= 15 is 0 Å². The van der Waals surface area contributed by atoms with Gasteiger partial charge in [-0.25, -0.2) is 4.90 Å². The third-order valence-corrected chi connectivity index (χ3v) is 7.87. The molecular weight excluding hydrogens is 457 g/mol. The minimum Gasteiger partial charge on any atom is -0.273 e. The molecule has 30 heavy (non-hydrogen) atoms. The number of benzene rings is 3. The number of halogens is 2. The molecule has 0 aliphatic carbocycles. The SMILES string of the molecule is Cc1ccc(S[C@@H]2C(=O)N(c3ccc(Cl)cc3)C(=O)[C@H]2Sc2ccc(Cl)cc2)cc1.